The van der Waals surface area contributed by atoms with Gasteiger partial charge in [-0.15, -0.1) is 0 Å². The monoisotopic (exact) mass is 191 g/mol. The van der Waals surface area contributed by atoms with E-state index in [0.29, 0.717) is 0 Å². The molecule has 0 saturated carbocycles. The number of rotatable bonds is 1. The lowest BCUT2D eigenvalue weighted by Gasteiger charge is -2.16. The van der Waals surface area contributed by atoms with E-state index in [1.54, 1.807) is 0 Å². The van der Waals surface area contributed by atoms with Crippen LogP contribution in [0.1, 0.15) is 32.6 Å². The van der Waals surface area contributed by atoms with Crippen LogP contribution in [0.25, 0.3) is 0 Å². The fourth-order valence-corrected chi connectivity index (χ4v) is 1.43. The van der Waals surface area contributed by atoms with Gasteiger partial charge in [-0.2, -0.15) is 5.26 Å². The average molecular weight is 191 g/mol. The zero-order chi connectivity index (χ0) is 10.6. The molecule has 0 fully saturated rings. The van der Waals surface area contributed by atoms with Crippen molar-refractivity contribution >= 4 is 5.84 Å². The summed E-state index contributed by atoms with van der Waals surface area (Å²) in [6.45, 7) is 1.97. The van der Waals surface area contributed by atoms with Crippen molar-refractivity contribution in [1.29, 1.82) is 5.26 Å². The van der Waals surface area contributed by atoms with Crippen LogP contribution < -0.4 is 0 Å². The highest BCUT2D eigenvalue weighted by atomic mass is 15.1. The number of nitriles is 1. The number of nitrogens with zero attached hydrogens (tertiary/aromatic N) is 3. The number of hydrogen-bond donors (Lipinski definition) is 0. The number of aliphatic imine (C=N–C) groups is 1. The van der Waals surface area contributed by atoms with Crippen LogP contribution in [0.5, 0.6) is 0 Å². The molecular weight excluding hydrogens is 174 g/mol. The molecule has 76 valence electrons. The smallest absolute Gasteiger partial charge is 0.101 e. The average Bonchev–Trinajstić information content (AvgIpc) is 2.18. The first-order valence-electron chi connectivity index (χ1n) is 5.00. The molecule has 1 aliphatic rings. The molecule has 14 heavy (non-hydrogen) atoms. The van der Waals surface area contributed by atoms with E-state index in [1.165, 1.54) is 0 Å². The quantitative estimate of drug-likeness (QED) is 0.471. The Morgan fingerprint density at radius 3 is 2.57 bits per heavy atom. The summed E-state index contributed by atoms with van der Waals surface area (Å²) in [5, 5.41) is 8.92. The van der Waals surface area contributed by atoms with Gasteiger partial charge in [0.15, 0.2) is 0 Å². The third kappa shape index (κ3) is 2.59. The molecule has 0 spiro atoms. The summed E-state index contributed by atoms with van der Waals surface area (Å²) >= 11 is 0. The lowest BCUT2D eigenvalue weighted by Crippen LogP contribution is -2.18. The highest BCUT2D eigenvalue weighted by Gasteiger charge is 2.11. The van der Waals surface area contributed by atoms with Crippen molar-refractivity contribution < 1.29 is 0 Å². The number of amidine groups is 1. The van der Waals surface area contributed by atoms with Gasteiger partial charge in [-0.3, -0.25) is 0 Å². The van der Waals surface area contributed by atoms with Crippen LogP contribution in [0.3, 0.4) is 0 Å². The second-order valence-corrected chi connectivity index (χ2v) is 3.80. The molecule has 0 amide bonds. The normalized spacial score (nSPS) is 18.0. The maximum Gasteiger partial charge on any atom is 0.101 e. The van der Waals surface area contributed by atoms with Gasteiger partial charge in [0.25, 0.3) is 0 Å². The Labute approximate surface area is 85.7 Å². The van der Waals surface area contributed by atoms with Gasteiger partial charge in [0, 0.05) is 14.1 Å². The van der Waals surface area contributed by atoms with Gasteiger partial charge < -0.3 is 4.90 Å². The van der Waals surface area contributed by atoms with Crippen molar-refractivity contribution in [3.8, 4) is 6.07 Å². The molecule has 0 aromatic carbocycles. The molecule has 0 unspecified atom stereocenters. The molecule has 0 heterocycles. The molecule has 3 nitrogen and oxygen atoms in total. The second-order valence-electron chi connectivity index (χ2n) is 3.80. The SMILES string of the molecule is CC(=NC1=C(C#N)CCCC1)N(C)C. The summed E-state index contributed by atoms with van der Waals surface area (Å²) in [5.74, 6) is 0.967. The predicted molar refractivity (Wildman–Crippen MR) is 57.9 cm³/mol. The molecular formula is C11H17N3. The van der Waals surface area contributed by atoms with E-state index in [0.717, 1.165) is 42.8 Å². The minimum atomic E-state index is 0.873. The molecule has 0 saturated heterocycles. The fraction of sp³-hybridized carbons (Fsp3) is 0.636. The van der Waals surface area contributed by atoms with Crippen LogP contribution >= 0.6 is 0 Å². The molecule has 0 aliphatic heterocycles. The van der Waals surface area contributed by atoms with E-state index in [9.17, 15) is 0 Å². The van der Waals surface area contributed by atoms with E-state index in [4.69, 9.17) is 5.26 Å². The van der Waals surface area contributed by atoms with Crippen molar-refractivity contribution in [3.05, 3.63) is 11.3 Å². The second kappa shape index (κ2) is 4.80. The van der Waals surface area contributed by atoms with Crippen LogP contribution in [-0.4, -0.2) is 24.8 Å². The van der Waals surface area contributed by atoms with E-state index >= 15 is 0 Å². The summed E-state index contributed by atoms with van der Waals surface area (Å²) in [5.41, 5.74) is 1.86. The maximum atomic E-state index is 8.92. The van der Waals surface area contributed by atoms with E-state index in [-0.39, 0.29) is 0 Å². The predicted octanol–water partition coefficient (Wildman–Crippen LogP) is 2.32. The Bertz CT molecular complexity index is 305. The molecule has 0 aromatic rings. The molecule has 1 rings (SSSR count). The van der Waals surface area contributed by atoms with Gasteiger partial charge in [-0.1, -0.05) is 0 Å². The van der Waals surface area contributed by atoms with Gasteiger partial charge >= 0.3 is 0 Å². The molecule has 0 N–H and O–H groups in total. The Hall–Kier alpha value is -1.30. The zero-order valence-corrected chi connectivity index (χ0v) is 9.17. The zero-order valence-electron chi connectivity index (χ0n) is 9.17. The summed E-state index contributed by atoms with van der Waals surface area (Å²) in [4.78, 5) is 6.46. The molecule has 0 aromatic heterocycles. The standard InChI is InChI=1S/C11H17N3/c1-9(14(2)3)13-11-7-5-4-6-10(11)8-12/h4-7H2,1-3H3. The van der Waals surface area contributed by atoms with Crippen LogP contribution in [0.15, 0.2) is 16.3 Å². The van der Waals surface area contributed by atoms with Gasteiger partial charge in [0.2, 0.25) is 0 Å². The summed E-state index contributed by atoms with van der Waals surface area (Å²) in [7, 11) is 3.93. The maximum absolute atomic E-state index is 8.92. The third-order valence-electron chi connectivity index (χ3n) is 2.52. The highest BCUT2D eigenvalue weighted by molar-refractivity contribution is 5.80. The molecule has 3 heteroatoms. The van der Waals surface area contributed by atoms with E-state index in [2.05, 4.69) is 11.1 Å². The summed E-state index contributed by atoms with van der Waals surface area (Å²) in [6.07, 6.45) is 4.14. The topological polar surface area (TPSA) is 39.4 Å². The van der Waals surface area contributed by atoms with Crippen molar-refractivity contribution in [2.24, 2.45) is 4.99 Å². The first-order valence-corrected chi connectivity index (χ1v) is 5.00. The minimum absolute atomic E-state index is 0.873. The Morgan fingerprint density at radius 2 is 2.00 bits per heavy atom. The Morgan fingerprint density at radius 1 is 1.36 bits per heavy atom. The van der Waals surface area contributed by atoms with E-state index < -0.39 is 0 Å². The summed E-state index contributed by atoms with van der Waals surface area (Å²) < 4.78 is 0. The Balaban J connectivity index is 2.90. The van der Waals surface area contributed by atoms with E-state index in [1.807, 2.05) is 25.9 Å². The summed E-state index contributed by atoms with van der Waals surface area (Å²) in [6, 6.07) is 2.25. The van der Waals surface area contributed by atoms with Gasteiger partial charge in [-0.05, 0) is 32.6 Å². The van der Waals surface area contributed by atoms with Crippen molar-refractivity contribution in [3.63, 3.8) is 0 Å². The number of allylic oxidation sites excluding steroid dienone is 2. The van der Waals surface area contributed by atoms with Crippen molar-refractivity contribution in [1.82, 2.24) is 4.90 Å². The van der Waals surface area contributed by atoms with Crippen LogP contribution in [0, 0.1) is 11.3 Å². The van der Waals surface area contributed by atoms with Crippen LogP contribution in [0.2, 0.25) is 0 Å². The largest absolute Gasteiger partial charge is 0.366 e. The highest BCUT2D eigenvalue weighted by Crippen LogP contribution is 2.25. The van der Waals surface area contributed by atoms with Gasteiger partial charge in [0.1, 0.15) is 5.84 Å². The van der Waals surface area contributed by atoms with Crippen LogP contribution in [0.4, 0.5) is 0 Å². The number of hydrogen-bond acceptors (Lipinski definition) is 2. The molecule has 1 aliphatic carbocycles. The van der Waals surface area contributed by atoms with Gasteiger partial charge in [0.05, 0.1) is 17.3 Å². The Kier molecular flexibility index (Phi) is 3.70. The minimum Gasteiger partial charge on any atom is -0.366 e. The third-order valence-corrected chi connectivity index (χ3v) is 2.52. The van der Waals surface area contributed by atoms with Crippen molar-refractivity contribution in [2.75, 3.05) is 14.1 Å². The lowest BCUT2D eigenvalue weighted by molar-refractivity contribution is 0.611. The van der Waals surface area contributed by atoms with Crippen LogP contribution in [-0.2, 0) is 0 Å². The molecule has 0 bridgehead atoms. The fourth-order valence-electron chi connectivity index (χ4n) is 1.43. The lowest BCUT2D eigenvalue weighted by atomic mass is 9.97. The molecule has 0 atom stereocenters. The molecule has 0 radical (unpaired) electrons. The van der Waals surface area contributed by atoms with Crippen molar-refractivity contribution in [2.45, 2.75) is 32.6 Å². The van der Waals surface area contributed by atoms with Gasteiger partial charge in [-0.25, -0.2) is 4.99 Å². The first kappa shape index (κ1) is 10.8. The first-order chi connectivity index (χ1) is 6.65.